The molecule has 1 aromatic heterocycles. The average molecular weight is 227 g/mol. The van der Waals surface area contributed by atoms with Gasteiger partial charge in [-0.05, 0) is 29.4 Å². The smallest absolute Gasteiger partial charge is 0.0469 e. The Hall–Kier alpha value is -1.45. The molecule has 0 bridgehead atoms. The molecule has 1 fully saturated rings. The predicted molar refractivity (Wildman–Crippen MR) is 69.1 cm³/mol. The van der Waals surface area contributed by atoms with E-state index >= 15 is 0 Å². The van der Waals surface area contributed by atoms with Crippen LogP contribution in [0.3, 0.4) is 0 Å². The summed E-state index contributed by atoms with van der Waals surface area (Å²) in [5.74, 6) is 6.55. The van der Waals surface area contributed by atoms with Crippen LogP contribution in [0.4, 0.5) is 0 Å². The monoisotopic (exact) mass is 227 g/mol. The lowest BCUT2D eigenvalue weighted by molar-refractivity contribution is 0.490. The van der Waals surface area contributed by atoms with Crippen LogP contribution in [0.15, 0.2) is 36.7 Å². The normalized spacial score (nSPS) is 17.2. The third-order valence-electron chi connectivity index (χ3n) is 3.56. The minimum atomic E-state index is 0.246. The summed E-state index contributed by atoms with van der Waals surface area (Å²) in [6.07, 6.45) is 7.59. The maximum Gasteiger partial charge on any atom is 0.0469 e. The van der Waals surface area contributed by atoms with E-state index in [0.29, 0.717) is 0 Å². The van der Waals surface area contributed by atoms with Crippen molar-refractivity contribution in [2.24, 2.45) is 11.8 Å². The number of nitrogens with two attached hydrogens (primary N) is 1. The number of nitrogens with zero attached hydrogens (tertiary/aromatic N) is 1. The van der Waals surface area contributed by atoms with E-state index in [9.17, 15) is 0 Å². The predicted octanol–water partition coefficient (Wildman–Crippen LogP) is 2.54. The summed E-state index contributed by atoms with van der Waals surface area (Å²) < 4.78 is 0. The Morgan fingerprint density at radius 2 is 2.24 bits per heavy atom. The van der Waals surface area contributed by atoms with Gasteiger partial charge in [0.2, 0.25) is 0 Å². The van der Waals surface area contributed by atoms with Crippen LogP contribution in [0.5, 0.6) is 0 Å². The number of hydrogen-bond donors (Lipinski definition) is 2. The van der Waals surface area contributed by atoms with E-state index in [-0.39, 0.29) is 6.04 Å². The second-order valence-corrected chi connectivity index (χ2v) is 4.84. The molecule has 0 radical (unpaired) electrons. The topological polar surface area (TPSA) is 50.9 Å². The molecule has 2 aromatic rings. The Balaban J connectivity index is 2.01. The lowest BCUT2D eigenvalue weighted by atomic mass is 9.97. The molecule has 88 valence electrons. The van der Waals surface area contributed by atoms with Gasteiger partial charge in [0.25, 0.3) is 0 Å². The van der Waals surface area contributed by atoms with E-state index in [1.165, 1.54) is 29.2 Å². The molecule has 1 unspecified atom stereocenters. The van der Waals surface area contributed by atoms with E-state index in [1.54, 1.807) is 0 Å². The summed E-state index contributed by atoms with van der Waals surface area (Å²) in [6.45, 7) is 0. The Kier molecular flexibility index (Phi) is 2.79. The molecule has 17 heavy (non-hydrogen) atoms. The number of pyridine rings is 1. The Morgan fingerprint density at radius 3 is 3.00 bits per heavy atom. The van der Waals surface area contributed by atoms with Gasteiger partial charge < -0.3 is 0 Å². The first-order valence-corrected chi connectivity index (χ1v) is 6.17. The van der Waals surface area contributed by atoms with Crippen LogP contribution in [0.1, 0.15) is 30.9 Å². The molecule has 0 saturated heterocycles. The van der Waals surface area contributed by atoms with Crippen LogP contribution in [0.25, 0.3) is 10.8 Å². The summed E-state index contributed by atoms with van der Waals surface area (Å²) in [4.78, 5) is 4.22. The standard InChI is InChI=1S/C14H17N3/c15-17-14(8-10-4-5-10)12-3-1-2-11-6-7-16-9-13(11)12/h1-3,6-7,9-10,14,17H,4-5,8,15H2. The fourth-order valence-electron chi connectivity index (χ4n) is 2.41. The van der Waals surface area contributed by atoms with Gasteiger partial charge in [-0.25, -0.2) is 0 Å². The zero-order valence-corrected chi connectivity index (χ0v) is 9.76. The highest BCUT2D eigenvalue weighted by Crippen LogP contribution is 2.38. The van der Waals surface area contributed by atoms with Crippen LogP contribution in [0, 0.1) is 5.92 Å². The molecule has 0 spiro atoms. The fourth-order valence-corrected chi connectivity index (χ4v) is 2.41. The Bertz CT molecular complexity index is 514. The lowest BCUT2D eigenvalue weighted by Gasteiger charge is -2.17. The van der Waals surface area contributed by atoms with Crippen LogP contribution >= 0.6 is 0 Å². The zero-order chi connectivity index (χ0) is 11.7. The number of benzene rings is 1. The van der Waals surface area contributed by atoms with E-state index < -0.39 is 0 Å². The van der Waals surface area contributed by atoms with Crippen LogP contribution in [-0.2, 0) is 0 Å². The van der Waals surface area contributed by atoms with Crippen molar-refractivity contribution in [2.45, 2.75) is 25.3 Å². The van der Waals surface area contributed by atoms with Gasteiger partial charge in [-0.1, -0.05) is 31.0 Å². The summed E-state index contributed by atoms with van der Waals surface area (Å²) in [6, 6.07) is 8.65. The van der Waals surface area contributed by atoms with Gasteiger partial charge in [0, 0.05) is 23.8 Å². The molecule has 1 aromatic carbocycles. The maximum absolute atomic E-state index is 5.70. The third-order valence-corrected chi connectivity index (χ3v) is 3.56. The van der Waals surface area contributed by atoms with Crippen molar-refractivity contribution in [1.29, 1.82) is 0 Å². The van der Waals surface area contributed by atoms with Crippen LogP contribution in [0.2, 0.25) is 0 Å². The van der Waals surface area contributed by atoms with Gasteiger partial charge in [-0.15, -0.1) is 0 Å². The van der Waals surface area contributed by atoms with Crippen molar-refractivity contribution >= 4 is 10.8 Å². The molecule has 0 aliphatic heterocycles. The number of aromatic nitrogens is 1. The molecular formula is C14H17N3. The van der Waals surface area contributed by atoms with Crippen molar-refractivity contribution in [2.75, 3.05) is 0 Å². The SMILES string of the molecule is NNC(CC1CC1)c1cccc2ccncc12. The summed E-state index contributed by atoms with van der Waals surface area (Å²) in [7, 11) is 0. The molecule has 1 aliphatic rings. The number of nitrogens with one attached hydrogen (secondary N) is 1. The van der Waals surface area contributed by atoms with Gasteiger partial charge in [0.05, 0.1) is 0 Å². The van der Waals surface area contributed by atoms with Crippen molar-refractivity contribution in [3.05, 3.63) is 42.2 Å². The quantitative estimate of drug-likeness (QED) is 0.623. The van der Waals surface area contributed by atoms with Gasteiger partial charge in [0.15, 0.2) is 0 Å². The van der Waals surface area contributed by atoms with E-state index in [2.05, 4.69) is 28.6 Å². The van der Waals surface area contributed by atoms with Crippen molar-refractivity contribution in [3.63, 3.8) is 0 Å². The molecule has 1 heterocycles. The van der Waals surface area contributed by atoms with Gasteiger partial charge in [-0.3, -0.25) is 16.3 Å². The number of hydrogen-bond acceptors (Lipinski definition) is 3. The highest BCUT2D eigenvalue weighted by atomic mass is 15.2. The van der Waals surface area contributed by atoms with Gasteiger partial charge in [-0.2, -0.15) is 0 Å². The lowest BCUT2D eigenvalue weighted by Crippen LogP contribution is -2.28. The summed E-state index contributed by atoms with van der Waals surface area (Å²) >= 11 is 0. The van der Waals surface area contributed by atoms with Crippen LogP contribution < -0.4 is 11.3 Å². The molecule has 0 amide bonds. The molecule has 1 saturated carbocycles. The average Bonchev–Trinajstić information content (AvgIpc) is 3.19. The van der Waals surface area contributed by atoms with Crippen molar-refractivity contribution in [1.82, 2.24) is 10.4 Å². The first-order valence-electron chi connectivity index (χ1n) is 6.17. The Labute approximate surface area is 101 Å². The van der Waals surface area contributed by atoms with E-state index in [4.69, 9.17) is 5.84 Å². The second-order valence-electron chi connectivity index (χ2n) is 4.84. The van der Waals surface area contributed by atoms with Gasteiger partial charge >= 0.3 is 0 Å². The summed E-state index contributed by atoms with van der Waals surface area (Å²) in [5.41, 5.74) is 4.22. The third kappa shape index (κ3) is 2.16. The van der Waals surface area contributed by atoms with E-state index in [0.717, 1.165) is 12.3 Å². The zero-order valence-electron chi connectivity index (χ0n) is 9.76. The van der Waals surface area contributed by atoms with Crippen molar-refractivity contribution in [3.8, 4) is 0 Å². The van der Waals surface area contributed by atoms with Gasteiger partial charge in [0.1, 0.15) is 0 Å². The minimum Gasteiger partial charge on any atom is -0.271 e. The highest BCUT2D eigenvalue weighted by Gasteiger charge is 2.26. The maximum atomic E-state index is 5.70. The molecule has 3 rings (SSSR count). The number of hydrazine groups is 1. The summed E-state index contributed by atoms with van der Waals surface area (Å²) in [5, 5.41) is 2.44. The molecule has 3 nitrogen and oxygen atoms in total. The minimum absolute atomic E-state index is 0.246. The largest absolute Gasteiger partial charge is 0.271 e. The molecular weight excluding hydrogens is 210 g/mol. The molecule has 3 heteroatoms. The first kappa shape index (κ1) is 10.7. The van der Waals surface area contributed by atoms with Crippen molar-refractivity contribution < 1.29 is 0 Å². The number of fused-ring (bicyclic) bond motifs is 1. The number of rotatable bonds is 4. The molecule has 1 atom stereocenters. The van der Waals surface area contributed by atoms with E-state index in [1.807, 2.05) is 18.5 Å². The second kappa shape index (κ2) is 4.43. The van der Waals surface area contributed by atoms with Crippen LogP contribution in [-0.4, -0.2) is 4.98 Å². The Morgan fingerprint density at radius 1 is 1.35 bits per heavy atom. The molecule has 3 N–H and O–H groups in total. The molecule has 1 aliphatic carbocycles. The highest BCUT2D eigenvalue weighted by molar-refractivity contribution is 5.85. The fraction of sp³-hybridized carbons (Fsp3) is 0.357. The first-order chi connectivity index (χ1) is 8.38.